The smallest absolute Gasteiger partial charge is 0.123 e. The number of ether oxygens (including phenoxy) is 3. The van der Waals surface area contributed by atoms with E-state index in [2.05, 4.69) is 13.0 Å². The van der Waals surface area contributed by atoms with Gasteiger partial charge in [0.1, 0.15) is 11.9 Å². The first-order valence-corrected chi connectivity index (χ1v) is 7.65. The van der Waals surface area contributed by atoms with E-state index in [1.807, 2.05) is 39.0 Å². The Morgan fingerprint density at radius 2 is 1.57 bits per heavy atom. The molecule has 0 fully saturated rings. The zero-order valence-corrected chi connectivity index (χ0v) is 13.5. The summed E-state index contributed by atoms with van der Waals surface area (Å²) in [7, 11) is 0. The number of hydrogen-bond donors (Lipinski definition) is 1. The van der Waals surface area contributed by atoms with Gasteiger partial charge >= 0.3 is 0 Å². The first kappa shape index (κ1) is 18.0. The van der Waals surface area contributed by atoms with Gasteiger partial charge in [0.05, 0.1) is 32.0 Å². The van der Waals surface area contributed by atoms with E-state index in [0.717, 1.165) is 12.2 Å². The Morgan fingerprint density at radius 3 is 2.24 bits per heavy atom. The average molecular weight is 296 g/mol. The summed E-state index contributed by atoms with van der Waals surface area (Å²) >= 11 is 0. The number of aryl methyl sites for hydroxylation is 1. The van der Waals surface area contributed by atoms with Gasteiger partial charge in [0.25, 0.3) is 0 Å². The molecule has 4 nitrogen and oxygen atoms in total. The number of hydrogen-bond acceptors (Lipinski definition) is 4. The van der Waals surface area contributed by atoms with Crippen LogP contribution in [0, 0.1) is 0 Å². The fourth-order valence-corrected chi connectivity index (χ4v) is 1.86. The fourth-order valence-electron chi connectivity index (χ4n) is 1.86. The molecule has 3 atom stereocenters. The van der Waals surface area contributed by atoms with E-state index in [1.54, 1.807) is 0 Å². The molecule has 120 valence electrons. The van der Waals surface area contributed by atoms with Crippen LogP contribution < -0.4 is 4.74 Å². The molecule has 0 saturated heterocycles. The zero-order valence-electron chi connectivity index (χ0n) is 13.5. The first-order chi connectivity index (χ1) is 10.1. The highest BCUT2D eigenvalue weighted by atomic mass is 16.6. The molecule has 0 bridgehead atoms. The van der Waals surface area contributed by atoms with E-state index in [-0.39, 0.29) is 24.9 Å². The topological polar surface area (TPSA) is 47.9 Å². The normalized spacial score (nSPS) is 15.5. The van der Waals surface area contributed by atoms with Crippen molar-refractivity contribution in [1.82, 2.24) is 0 Å². The van der Waals surface area contributed by atoms with E-state index < -0.39 is 0 Å². The van der Waals surface area contributed by atoms with Crippen molar-refractivity contribution in [1.29, 1.82) is 0 Å². The van der Waals surface area contributed by atoms with Crippen LogP contribution in [0.15, 0.2) is 24.3 Å². The maximum Gasteiger partial charge on any atom is 0.123 e. The molecule has 1 N–H and O–H groups in total. The predicted octanol–water partition coefficient (Wildman–Crippen LogP) is 2.82. The summed E-state index contributed by atoms with van der Waals surface area (Å²) in [5.41, 5.74) is 1.21. The molecule has 4 heteroatoms. The fraction of sp³-hybridized carbons (Fsp3) is 0.647. The summed E-state index contributed by atoms with van der Waals surface area (Å²) < 4.78 is 17.1. The highest BCUT2D eigenvalue weighted by Gasteiger charge is 2.11. The largest absolute Gasteiger partial charge is 0.488 e. The molecule has 0 aliphatic heterocycles. The lowest BCUT2D eigenvalue weighted by Crippen LogP contribution is -2.27. The summed E-state index contributed by atoms with van der Waals surface area (Å²) in [6.07, 6.45) is 0.760. The molecule has 1 rings (SSSR count). The van der Waals surface area contributed by atoms with Gasteiger partial charge in [-0.3, -0.25) is 0 Å². The Bertz CT molecular complexity index is 394. The molecule has 0 saturated carbocycles. The highest BCUT2D eigenvalue weighted by Crippen LogP contribution is 2.19. The SMILES string of the molecule is CCc1ccccc1OC(C)COC(C)COC(C)CO. The Labute approximate surface area is 128 Å². The number of aliphatic hydroxyl groups is 1. The second-order valence-electron chi connectivity index (χ2n) is 5.36. The number of rotatable bonds is 10. The van der Waals surface area contributed by atoms with Gasteiger partial charge in [-0.2, -0.15) is 0 Å². The number of aliphatic hydroxyl groups excluding tert-OH is 1. The minimum Gasteiger partial charge on any atom is -0.488 e. The molecule has 21 heavy (non-hydrogen) atoms. The average Bonchev–Trinajstić information content (AvgIpc) is 2.51. The van der Waals surface area contributed by atoms with Crippen LogP contribution in [0.25, 0.3) is 0 Å². The molecule has 0 aromatic heterocycles. The van der Waals surface area contributed by atoms with Gasteiger partial charge in [-0.15, -0.1) is 0 Å². The van der Waals surface area contributed by atoms with Crippen LogP contribution >= 0.6 is 0 Å². The minimum atomic E-state index is -0.152. The van der Waals surface area contributed by atoms with Gasteiger partial charge in [-0.25, -0.2) is 0 Å². The standard InChI is InChI=1S/C17H28O4/c1-5-16-8-6-7-9-17(16)21-15(4)12-20-14(3)11-19-13(2)10-18/h6-9,13-15,18H,5,10-12H2,1-4H3. The van der Waals surface area contributed by atoms with E-state index >= 15 is 0 Å². The lowest BCUT2D eigenvalue weighted by Gasteiger charge is -2.20. The molecular formula is C17H28O4. The third-order valence-corrected chi connectivity index (χ3v) is 3.17. The monoisotopic (exact) mass is 296 g/mol. The second-order valence-corrected chi connectivity index (χ2v) is 5.36. The van der Waals surface area contributed by atoms with Crippen LogP contribution in [-0.4, -0.2) is 43.2 Å². The van der Waals surface area contributed by atoms with Crippen LogP contribution in [0.4, 0.5) is 0 Å². The van der Waals surface area contributed by atoms with Crippen molar-refractivity contribution < 1.29 is 19.3 Å². The first-order valence-electron chi connectivity index (χ1n) is 7.65. The highest BCUT2D eigenvalue weighted by molar-refractivity contribution is 5.33. The molecule has 0 heterocycles. The summed E-state index contributed by atoms with van der Waals surface area (Å²) in [5, 5.41) is 8.89. The Hall–Kier alpha value is -1.10. The van der Waals surface area contributed by atoms with Crippen molar-refractivity contribution >= 4 is 0 Å². The Balaban J connectivity index is 2.32. The van der Waals surface area contributed by atoms with Crippen molar-refractivity contribution in [2.45, 2.75) is 52.4 Å². The van der Waals surface area contributed by atoms with Crippen LogP contribution in [0.5, 0.6) is 5.75 Å². The van der Waals surface area contributed by atoms with Crippen LogP contribution in [0.2, 0.25) is 0 Å². The second kappa shape index (κ2) is 9.77. The van der Waals surface area contributed by atoms with Gasteiger partial charge in [-0.05, 0) is 38.8 Å². The van der Waals surface area contributed by atoms with Gasteiger partial charge in [0.2, 0.25) is 0 Å². The molecule has 0 spiro atoms. The molecule has 1 aromatic rings. The number of benzene rings is 1. The van der Waals surface area contributed by atoms with Crippen molar-refractivity contribution in [3.8, 4) is 5.75 Å². The quantitative estimate of drug-likeness (QED) is 0.721. The molecular weight excluding hydrogens is 268 g/mol. The van der Waals surface area contributed by atoms with Crippen LogP contribution in [0.1, 0.15) is 33.3 Å². The maximum atomic E-state index is 8.89. The van der Waals surface area contributed by atoms with Crippen molar-refractivity contribution in [2.24, 2.45) is 0 Å². The number of para-hydroxylation sites is 1. The van der Waals surface area contributed by atoms with E-state index in [4.69, 9.17) is 19.3 Å². The molecule has 0 amide bonds. The summed E-state index contributed by atoms with van der Waals surface area (Å²) in [5.74, 6) is 0.925. The van der Waals surface area contributed by atoms with Gasteiger partial charge in [-0.1, -0.05) is 25.1 Å². The van der Waals surface area contributed by atoms with Gasteiger partial charge in [0.15, 0.2) is 0 Å². The van der Waals surface area contributed by atoms with Gasteiger partial charge in [0, 0.05) is 0 Å². The van der Waals surface area contributed by atoms with E-state index in [0.29, 0.717) is 13.2 Å². The zero-order chi connectivity index (χ0) is 15.7. The molecule has 0 aliphatic carbocycles. The lowest BCUT2D eigenvalue weighted by molar-refractivity contribution is -0.0591. The molecule has 0 radical (unpaired) electrons. The summed E-state index contributed by atoms with van der Waals surface area (Å²) in [6, 6.07) is 8.07. The Morgan fingerprint density at radius 1 is 0.952 bits per heavy atom. The van der Waals surface area contributed by atoms with Gasteiger partial charge < -0.3 is 19.3 Å². The van der Waals surface area contributed by atoms with E-state index in [1.165, 1.54) is 5.56 Å². The minimum absolute atomic E-state index is 0.0181. The summed E-state index contributed by atoms with van der Waals surface area (Å²) in [6.45, 7) is 8.91. The van der Waals surface area contributed by atoms with Crippen molar-refractivity contribution in [3.05, 3.63) is 29.8 Å². The Kier molecular flexibility index (Phi) is 8.35. The maximum absolute atomic E-state index is 8.89. The van der Waals surface area contributed by atoms with Crippen molar-refractivity contribution in [3.63, 3.8) is 0 Å². The molecule has 3 unspecified atom stereocenters. The van der Waals surface area contributed by atoms with Crippen LogP contribution in [0.3, 0.4) is 0 Å². The lowest BCUT2D eigenvalue weighted by atomic mass is 10.1. The summed E-state index contributed by atoms with van der Waals surface area (Å²) in [4.78, 5) is 0. The molecule has 1 aromatic carbocycles. The molecule has 0 aliphatic rings. The third kappa shape index (κ3) is 6.93. The van der Waals surface area contributed by atoms with Crippen LogP contribution in [-0.2, 0) is 15.9 Å². The third-order valence-electron chi connectivity index (χ3n) is 3.17. The van der Waals surface area contributed by atoms with Crippen molar-refractivity contribution in [2.75, 3.05) is 19.8 Å². The predicted molar refractivity (Wildman–Crippen MR) is 83.8 cm³/mol. The van der Waals surface area contributed by atoms with E-state index in [9.17, 15) is 0 Å².